The van der Waals surface area contributed by atoms with Gasteiger partial charge < -0.3 is 9.42 Å². The van der Waals surface area contributed by atoms with Gasteiger partial charge in [0.05, 0.1) is 17.6 Å². The van der Waals surface area contributed by atoms with Crippen molar-refractivity contribution < 1.29 is 9.32 Å². The predicted molar refractivity (Wildman–Crippen MR) is 125 cm³/mol. The fourth-order valence-corrected chi connectivity index (χ4v) is 4.31. The van der Waals surface area contributed by atoms with Crippen LogP contribution >= 0.6 is 11.3 Å². The smallest absolute Gasteiger partial charge is 0.253 e. The van der Waals surface area contributed by atoms with Gasteiger partial charge in [-0.15, -0.1) is 11.3 Å². The molecule has 0 fully saturated rings. The Morgan fingerprint density at radius 2 is 1.94 bits per heavy atom. The van der Waals surface area contributed by atoms with E-state index >= 15 is 0 Å². The highest BCUT2D eigenvalue weighted by Crippen LogP contribution is 2.33. The van der Waals surface area contributed by atoms with E-state index in [-0.39, 0.29) is 5.91 Å². The maximum atomic E-state index is 13.0. The molecule has 1 amide bonds. The standard InChI is InChI=1S/C25H20N4O2S/c1-16-6-8-17(9-7-16)24-27-21(15-32-24)23-20-13-18(10-11-22(20)31-28-23)25(30)29(2)14-19-5-3-4-12-26-19/h3-13,15H,14H2,1-2H3. The molecule has 32 heavy (non-hydrogen) atoms. The third-order valence-electron chi connectivity index (χ3n) is 5.23. The SMILES string of the molecule is Cc1ccc(-c2nc(-c3noc4ccc(C(=O)N(C)Cc5ccccn5)cc34)cs2)cc1. The van der Waals surface area contributed by atoms with Crippen LogP contribution in [0.5, 0.6) is 0 Å². The molecular weight excluding hydrogens is 420 g/mol. The molecule has 2 aromatic carbocycles. The van der Waals surface area contributed by atoms with Gasteiger partial charge in [0.2, 0.25) is 0 Å². The number of carbonyl (C=O) groups is 1. The molecule has 3 aromatic heterocycles. The summed E-state index contributed by atoms with van der Waals surface area (Å²) in [6.07, 6.45) is 1.72. The van der Waals surface area contributed by atoms with Crippen molar-refractivity contribution in [2.24, 2.45) is 0 Å². The summed E-state index contributed by atoms with van der Waals surface area (Å²) in [7, 11) is 1.77. The normalized spacial score (nSPS) is 11.1. The lowest BCUT2D eigenvalue weighted by Crippen LogP contribution is -2.26. The van der Waals surface area contributed by atoms with Crippen molar-refractivity contribution in [2.45, 2.75) is 13.5 Å². The monoisotopic (exact) mass is 440 g/mol. The lowest BCUT2D eigenvalue weighted by atomic mass is 10.1. The van der Waals surface area contributed by atoms with Crippen molar-refractivity contribution in [2.75, 3.05) is 7.05 Å². The zero-order valence-electron chi connectivity index (χ0n) is 17.6. The summed E-state index contributed by atoms with van der Waals surface area (Å²) in [5.74, 6) is -0.0941. The number of thiazole rings is 1. The molecule has 7 heteroatoms. The molecular formula is C25H20N4O2S. The second-order valence-corrected chi connectivity index (χ2v) is 8.49. The van der Waals surface area contributed by atoms with Gasteiger partial charge in [-0.3, -0.25) is 9.78 Å². The van der Waals surface area contributed by atoms with Crippen LogP contribution in [0.1, 0.15) is 21.6 Å². The molecule has 0 unspecified atom stereocenters. The van der Waals surface area contributed by atoms with Crippen LogP contribution in [0, 0.1) is 6.92 Å². The number of pyridine rings is 1. The van der Waals surface area contributed by atoms with E-state index in [4.69, 9.17) is 9.51 Å². The molecule has 0 atom stereocenters. The molecule has 0 aliphatic rings. The quantitative estimate of drug-likeness (QED) is 0.356. The Morgan fingerprint density at radius 1 is 1.09 bits per heavy atom. The summed E-state index contributed by atoms with van der Waals surface area (Å²) in [4.78, 5) is 23.7. The summed E-state index contributed by atoms with van der Waals surface area (Å²) in [6.45, 7) is 2.49. The zero-order valence-corrected chi connectivity index (χ0v) is 18.5. The van der Waals surface area contributed by atoms with Gasteiger partial charge in [-0.05, 0) is 37.3 Å². The number of carbonyl (C=O) groups excluding carboxylic acids is 1. The predicted octanol–water partition coefficient (Wildman–Crippen LogP) is 5.59. The minimum atomic E-state index is -0.0941. The Balaban J connectivity index is 1.44. The van der Waals surface area contributed by atoms with Crippen molar-refractivity contribution in [3.63, 3.8) is 0 Å². The third kappa shape index (κ3) is 3.90. The number of hydrogen-bond donors (Lipinski definition) is 0. The number of nitrogens with zero attached hydrogens (tertiary/aromatic N) is 4. The molecule has 0 bridgehead atoms. The van der Waals surface area contributed by atoms with Gasteiger partial charge in [0.15, 0.2) is 5.58 Å². The number of rotatable bonds is 5. The third-order valence-corrected chi connectivity index (χ3v) is 6.13. The van der Waals surface area contributed by atoms with Gasteiger partial charge in [0.1, 0.15) is 16.4 Å². The highest BCUT2D eigenvalue weighted by Gasteiger charge is 2.18. The average Bonchev–Trinajstić information content (AvgIpc) is 3.46. The van der Waals surface area contributed by atoms with E-state index in [1.165, 1.54) is 5.56 Å². The van der Waals surface area contributed by atoms with Crippen LogP contribution in [-0.4, -0.2) is 33.0 Å². The first-order valence-electron chi connectivity index (χ1n) is 10.2. The molecule has 0 spiro atoms. The van der Waals surface area contributed by atoms with E-state index in [9.17, 15) is 4.79 Å². The van der Waals surface area contributed by atoms with E-state index in [1.54, 1.807) is 41.6 Å². The summed E-state index contributed by atoms with van der Waals surface area (Å²) >= 11 is 1.56. The molecule has 5 rings (SSSR count). The second-order valence-electron chi connectivity index (χ2n) is 7.63. The van der Waals surface area contributed by atoms with E-state index in [2.05, 4.69) is 41.3 Å². The highest BCUT2D eigenvalue weighted by molar-refractivity contribution is 7.13. The van der Waals surface area contributed by atoms with Crippen molar-refractivity contribution >= 4 is 28.2 Å². The van der Waals surface area contributed by atoms with Crippen molar-refractivity contribution in [3.05, 3.63) is 89.1 Å². The van der Waals surface area contributed by atoms with Crippen LogP contribution in [0.25, 0.3) is 32.9 Å². The number of aryl methyl sites for hydroxylation is 1. The molecule has 0 N–H and O–H groups in total. The largest absolute Gasteiger partial charge is 0.356 e. The molecule has 0 saturated carbocycles. The summed E-state index contributed by atoms with van der Waals surface area (Å²) in [6, 6.07) is 19.3. The fraction of sp³-hybridized carbons (Fsp3) is 0.120. The maximum absolute atomic E-state index is 13.0. The van der Waals surface area contributed by atoms with Crippen molar-refractivity contribution in [1.29, 1.82) is 0 Å². The maximum Gasteiger partial charge on any atom is 0.253 e. The van der Waals surface area contributed by atoms with Crippen molar-refractivity contribution in [3.8, 4) is 22.0 Å². The van der Waals surface area contributed by atoms with Gasteiger partial charge in [0.25, 0.3) is 5.91 Å². The first-order valence-corrected chi connectivity index (χ1v) is 11.0. The second kappa shape index (κ2) is 8.36. The Hall–Kier alpha value is -3.84. The minimum absolute atomic E-state index is 0.0941. The van der Waals surface area contributed by atoms with Gasteiger partial charge in [-0.2, -0.15) is 0 Å². The summed E-state index contributed by atoms with van der Waals surface area (Å²) in [5.41, 5.74) is 5.65. The van der Waals surface area contributed by atoms with E-state index in [0.29, 0.717) is 23.4 Å². The van der Waals surface area contributed by atoms with E-state index in [0.717, 1.165) is 27.3 Å². The minimum Gasteiger partial charge on any atom is -0.356 e. The first kappa shape index (κ1) is 20.1. The Morgan fingerprint density at radius 3 is 2.72 bits per heavy atom. The fourth-order valence-electron chi connectivity index (χ4n) is 3.49. The average molecular weight is 441 g/mol. The molecule has 0 aliphatic carbocycles. The van der Waals surface area contributed by atoms with Crippen LogP contribution in [-0.2, 0) is 6.54 Å². The van der Waals surface area contributed by atoms with Gasteiger partial charge in [-0.1, -0.05) is 41.1 Å². The number of amides is 1. The number of aromatic nitrogens is 3. The number of fused-ring (bicyclic) bond motifs is 1. The Kier molecular flexibility index (Phi) is 5.25. The molecule has 5 aromatic rings. The zero-order chi connectivity index (χ0) is 22.1. The molecule has 3 heterocycles. The molecule has 158 valence electrons. The number of benzene rings is 2. The van der Waals surface area contributed by atoms with Crippen LogP contribution in [0.2, 0.25) is 0 Å². The molecule has 0 radical (unpaired) electrons. The summed E-state index contributed by atoms with van der Waals surface area (Å²) < 4.78 is 5.50. The lowest BCUT2D eigenvalue weighted by Gasteiger charge is -2.16. The van der Waals surface area contributed by atoms with Crippen molar-refractivity contribution in [1.82, 2.24) is 20.0 Å². The van der Waals surface area contributed by atoms with E-state index < -0.39 is 0 Å². The van der Waals surface area contributed by atoms with Gasteiger partial charge in [0, 0.05) is 29.8 Å². The van der Waals surface area contributed by atoms with Crippen LogP contribution < -0.4 is 0 Å². The highest BCUT2D eigenvalue weighted by atomic mass is 32.1. The van der Waals surface area contributed by atoms with Gasteiger partial charge in [-0.25, -0.2) is 4.98 Å². The summed E-state index contributed by atoms with van der Waals surface area (Å²) in [5, 5.41) is 7.88. The number of hydrogen-bond acceptors (Lipinski definition) is 6. The Bertz CT molecular complexity index is 1390. The van der Waals surface area contributed by atoms with Crippen LogP contribution in [0.15, 0.2) is 76.8 Å². The van der Waals surface area contributed by atoms with Gasteiger partial charge >= 0.3 is 0 Å². The van der Waals surface area contributed by atoms with Crippen LogP contribution in [0.4, 0.5) is 0 Å². The van der Waals surface area contributed by atoms with E-state index in [1.807, 2.05) is 29.6 Å². The molecule has 0 saturated heterocycles. The first-order chi connectivity index (χ1) is 15.6. The Labute approximate surface area is 189 Å². The molecule has 0 aliphatic heterocycles. The van der Waals surface area contributed by atoms with Crippen LogP contribution in [0.3, 0.4) is 0 Å². The lowest BCUT2D eigenvalue weighted by molar-refractivity contribution is 0.0783. The molecule has 6 nitrogen and oxygen atoms in total. The topological polar surface area (TPSA) is 72.1 Å².